The summed E-state index contributed by atoms with van der Waals surface area (Å²) >= 11 is 0. The Balaban J connectivity index is 1.60. The highest BCUT2D eigenvalue weighted by Crippen LogP contribution is 2.30. The SMILES string of the molecule is Cn1ccc(CNC(=O)N[C@H]2c3ccccc3C[C@H]2O)c1. The number of hydrogen-bond acceptors (Lipinski definition) is 2. The summed E-state index contributed by atoms with van der Waals surface area (Å²) in [6.45, 7) is 0.469. The predicted octanol–water partition coefficient (Wildman–Crippen LogP) is 1.48. The molecule has 21 heavy (non-hydrogen) atoms. The Kier molecular flexibility index (Phi) is 3.66. The molecule has 1 heterocycles. The third-order valence-electron chi connectivity index (χ3n) is 3.84. The molecule has 3 rings (SSSR count). The van der Waals surface area contributed by atoms with Gasteiger partial charge < -0.3 is 20.3 Å². The smallest absolute Gasteiger partial charge is 0.315 e. The van der Waals surface area contributed by atoms with Crippen LogP contribution in [0.25, 0.3) is 0 Å². The maximum absolute atomic E-state index is 12.0. The highest BCUT2D eigenvalue weighted by molar-refractivity contribution is 5.74. The first-order valence-electron chi connectivity index (χ1n) is 7.04. The van der Waals surface area contributed by atoms with E-state index in [1.54, 1.807) is 0 Å². The van der Waals surface area contributed by atoms with Crippen LogP contribution in [0.15, 0.2) is 42.7 Å². The third-order valence-corrected chi connectivity index (χ3v) is 3.84. The average molecular weight is 285 g/mol. The number of benzene rings is 1. The Hall–Kier alpha value is -2.27. The van der Waals surface area contributed by atoms with Crippen LogP contribution in [-0.2, 0) is 20.0 Å². The Morgan fingerprint density at radius 1 is 1.38 bits per heavy atom. The minimum absolute atomic E-state index is 0.264. The van der Waals surface area contributed by atoms with Crippen molar-refractivity contribution in [2.75, 3.05) is 0 Å². The first kappa shape index (κ1) is 13.7. The minimum atomic E-state index is -0.565. The molecule has 0 fully saturated rings. The first-order valence-corrected chi connectivity index (χ1v) is 7.04. The van der Waals surface area contributed by atoms with Crippen molar-refractivity contribution in [3.63, 3.8) is 0 Å². The first-order chi connectivity index (χ1) is 10.1. The van der Waals surface area contributed by atoms with E-state index in [0.29, 0.717) is 13.0 Å². The molecule has 5 nitrogen and oxygen atoms in total. The van der Waals surface area contributed by atoms with Crippen LogP contribution in [0.2, 0.25) is 0 Å². The molecule has 1 aliphatic carbocycles. The van der Waals surface area contributed by atoms with Crippen LogP contribution in [-0.4, -0.2) is 21.8 Å². The van der Waals surface area contributed by atoms with Crippen LogP contribution in [0.1, 0.15) is 22.7 Å². The Morgan fingerprint density at radius 3 is 2.95 bits per heavy atom. The van der Waals surface area contributed by atoms with Gasteiger partial charge in [-0.05, 0) is 22.8 Å². The standard InChI is InChI=1S/C16H19N3O2/c1-19-7-6-11(10-19)9-17-16(21)18-15-13-5-3-2-4-12(13)8-14(15)20/h2-7,10,14-15,20H,8-9H2,1H3,(H2,17,18,21)/t14-,15+/m1/s1. The monoisotopic (exact) mass is 285 g/mol. The van der Waals surface area contributed by atoms with Crippen molar-refractivity contribution in [1.29, 1.82) is 0 Å². The van der Waals surface area contributed by atoms with Gasteiger partial charge in [0.2, 0.25) is 0 Å². The second-order valence-electron chi connectivity index (χ2n) is 5.46. The van der Waals surface area contributed by atoms with Crippen molar-refractivity contribution in [2.45, 2.75) is 25.1 Å². The topological polar surface area (TPSA) is 66.3 Å². The van der Waals surface area contributed by atoms with Crippen LogP contribution in [0.3, 0.4) is 0 Å². The summed E-state index contributed by atoms with van der Waals surface area (Å²) in [5.41, 5.74) is 3.14. The van der Waals surface area contributed by atoms with E-state index in [9.17, 15) is 9.90 Å². The third kappa shape index (κ3) is 2.92. The second-order valence-corrected chi connectivity index (χ2v) is 5.46. The molecule has 0 spiro atoms. The molecule has 0 bridgehead atoms. The van der Waals surface area contributed by atoms with E-state index in [1.807, 2.05) is 54.3 Å². The average Bonchev–Trinajstić information content (AvgIpc) is 3.01. The number of aliphatic hydroxyl groups excluding tert-OH is 1. The number of nitrogens with one attached hydrogen (secondary N) is 2. The number of amides is 2. The number of aromatic nitrogens is 1. The van der Waals surface area contributed by atoms with Crippen LogP contribution < -0.4 is 10.6 Å². The van der Waals surface area contributed by atoms with Gasteiger partial charge >= 0.3 is 6.03 Å². The molecule has 0 unspecified atom stereocenters. The van der Waals surface area contributed by atoms with Gasteiger partial charge in [-0.2, -0.15) is 0 Å². The number of aryl methyl sites for hydroxylation is 1. The van der Waals surface area contributed by atoms with Gasteiger partial charge in [-0.15, -0.1) is 0 Å². The number of fused-ring (bicyclic) bond motifs is 1. The molecular weight excluding hydrogens is 266 g/mol. The Bertz CT molecular complexity index is 650. The highest BCUT2D eigenvalue weighted by Gasteiger charge is 2.31. The summed E-state index contributed by atoms with van der Waals surface area (Å²) in [4.78, 5) is 12.0. The number of hydrogen-bond donors (Lipinski definition) is 3. The Morgan fingerprint density at radius 2 is 2.19 bits per heavy atom. The zero-order valence-electron chi connectivity index (χ0n) is 11.9. The number of rotatable bonds is 3. The number of aliphatic hydroxyl groups is 1. The van der Waals surface area contributed by atoms with E-state index in [4.69, 9.17) is 0 Å². The van der Waals surface area contributed by atoms with Gasteiger partial charge in [-0.25, -0.2) is 4.79 Å². The van der Waals surface area contributed by atoms with E-state index >= 15 is 0 Å². The number of carbonyl (C=O) groups excluding carboxylic acids is 1. The van der Waals surface area contributed by atoms with Crippen LogP contribution in [0, 0.1) is 0 Å². The fraction of sp³-hybridized carbons (Fsp3) is 0.312. The molecule has 1 aliphatic rings. The zero-order chi connectivity index (χ0) is 14.8. The maximum Gasteiger partial charge on any atom is 0.315 e. The lowest BCUT2D eigenvalue weighted by Crippen LogP contribution is -2.40. The summed E-state index contributed by atoms with van der Waals surface area (Å²) < 4.78 is 1.94. The molecule has 0 saturated heterocycles. The summed E-state index contributed by atoms with van der Waals surface area (Å²) in [6, 6.07) is 9.17. The van der Waals surface area contributed by atoms with Crippen LogP contribution >= 0.6 is 0 Å². The number of carbonyl (C=O) groups is 1. The van der Waals surface area contributed by atoms with E-state index in [1.165, 1.54) is 0 Å². The predicted molar refractivity (Wildman–Crippen MR) is 79.7 cm³/mol. The molecule has 2 aromatic rings. The van der Waals surface area contributed by atoms with Crippen molar-refractivity contribution in [1.82, 2.24) is 15.2 Å². The molecule has 5 heteroatoms. The quantitative estimate of drug-likeness (QED) is 0.800. The lowest BCUT2D eigenvalue weighted by molar-refractivity contribution is 0.142. The van der Waals surface area contributed by atoms with Crippen molar-refractivity contribution >= 4 is 6.03 Å². The van der Waals surface area contributed by atoms with E-state index in [-0.39, 0.29) is 12.1 Å². The molecule has 3 N–H and O–H groups in total. The normalized spacial score (nSPS) is 20.1. The van der Waals surface area contributed by atoms with Gasteiger partial charge in [-0.1, -0.05) is 24.3 Å². The summed E-state index contributed by atoms with van der Waals surface area (Å²) in [6.07, 6.45) is 3.91. The van der Waals surface area contributed by atoms with Gasteiger partial charge in [0.1, 0.15) is 0 Å². The fourth-order valence-electron chi connectivity index (χ4n) is 2.79. The molecule has 0 saturated carbocycles. The molecule has 2 atom stereocenters. The van der Waals surface area contributed by atoms with Gasteiger partial charge in [0.05, 0.1) is 12.1 Å². The molecule has 2 amide bonds. The van der Waals surface area contributed by atoms with E-state index in [2.05, 4.69) is 10.6 Å². The van der Waals surface area contributed by atoms with Crippen molar-refractivity contribution in [2.24, 2.45) is 7.05 Å². The molecule has 0 radical (unpaired) electrons. The van der Waals surface area contributed by atoms with Gasteiger partial charge in [-0.3, -0.25) is 0 Å². The molecule has 1 aromatic carbocycles. The summed E-state index contributed by atoms with van der Waals surface area (Å²) in [5.74, 6) is 0. The number of urea groups is 1. The second kappa shape index (κ2) is 5.61. The zero-order valence-corrected chi connectivity index (χ0v) is 11.9. The largest absolute Gasteiger partial charge is 0.390 e. The van der Waals surface area contributed by atoms with E-state index < -0.39 is 6.10 Å². The van der Waals surface area contributed by atoms with Gasteiger partial charge in [0, 0.05) is 32.4 Å². The van der Waals surface area contributed by atoms with Crippen molar-refractivity contribution in [3.05, 3.63) is 59.4 Å². The lowest BCUT2D eigenvalue weighted by Gasteiger charge is -2.18. The van der Waals surface area contributed by atoms with Crippen LogP contribution in [0.4, 0.5) is 4.79 Å². The summed E-state index contributed by atoms with van der Waals surface area (Å²) in [5, 5.41) is 15.8. The molecule has 110 valence electrons. The minimum Gasteiger partial charge on any atom is -0.390 e. The van der Waals surface area contributed by atoms with Gasteiger partial charge in [0.15, 0.2) is 0 Å². The maximum atomic E-state index is 12.0. The number of nitrogens with zero attached hydrogens (tertiary/aromatic N) is 1. The van der Waals surface area contributed by atoms with Crippen molar-refractivity contribution in [3.8, 4) is 0 Å². The lowest BCUT2D eigenvalue weighted by atomic mass is 10.1. The van der Waals surface area contributed by atoms with Crippen molar-refractivity contribution < 1.29 is 9.90 Å². The molecule has 0 aliphatic heterocycles. The Labute approximate surface area is 123 Å². The van der Waals surface area contributed by atoms with Gasteiger partial charge in [0.25, 0.3) is 0 Å². The molecular formula is C16H19N3O2. The summed E-state index contributed by atoms with van der Waals surface area (Å²) in [7, 11) is 1.94. The van der Waals surface area contributed by atoms with E-state index in [0.717, 1.165) is 16.7 Å². The van der Waals surface area contributed by atoms with Crippen LogP contribution in [0.5, 0.6) is 0 Å². The highest BCUT2D eigenvalue weighted by atomic mass is 16.3. The fourth-order valence-corrected chi connectivity index (χ4v) is 2.79. The molecule has 1 aromatic heterocycles.